The van der Waals surface area contributed by atoms with Gasteiger partial charge in [-0.1, -0.05) is 6.07 Å². The van der Waals surface area contributed by atoms with Crippen molar-refractivity contribution < 1.29 is 19.1 Å². The van der Waals surface area contributed by atoms with Gasteiger partial charge in [0.15, 0.2) is 11.5 Å². The number of carbonyl (C=O) groups excluding carboxylic acids is 2. The van der Waals surface area contributed by atoms with Crippen molar-refractivity contribution in [3.05, 3.63) is 23.8 Å². The van der Waals surface area contributed by atoms with Gasteiger partial charge in [-0.2, -0.15) is 0 Å². The van der Waals surface area contributed by atoms with Gasteiger partial charge in [0.25, 0.3) is 0 Å². The SMILES string of the molecule is COc1ccc(CCNC(=O)C(C)N(C)CC(=O)NC(C)C)cc1OC. The summed E-state index contributed by atoms with van der Waals surface area (Å²) in [5.41, 5.74) is 1.04. The molecule has 0 fully saturated rings. The van der Waals surface area contributed by atoms with E-state index in [1.165, 1.54) is 0 Å². The van der Waals surface area contributed by atoms with Gasteiger partial charge in [0.05, 0.1) is 26.8 Å². The summed E-state index contributed by atoms with van der Waals surface area (Å²) >= 11 is 0. The van der Waals surface area contributed by atoms with Gasteiger partial charge in [-0.15, -0.1) is 0 Å². The molecule has 0 saturated heterocycles. The molecule has 0 saturated carbocycles. The van der Waals surface area contributed by atoms with Crippen LogP contribution in [0, 0.1) is 0 Å². The maximum Gasteiger partial charge on any atom is 0.237 e. The Morgan fingerprint density at radius 2 is 1.77 bits per heavy atom. The Morgan fingerprint density at radius 1 is 1.12 bits per heavy atom. The molecule has 0 aromatic heterocycles. The van der Waals surface area contributed by atoms with E-state index >= 15 is 0 Å². The van der Waals surface area contributed by atoms with Crippen molar-refractivity contribution in [3.63, 3.8) is 0 Å². The molecule has 1 aromatic carbocycles. The molecule has 0 bridgehead atoms. The van der Waals surface area contributed by atoms with Crippen LogP contribution in [0.5, 0.6) is 11.5 Å². The van der Waals surface area contributed by atoms with Crippen molar-refractivity contribution in [2.45, 2.75) is 39.3 Å². The second-order valence-corrected chi connectivity index (χ2v) is 6.54. The number of rotatable bonds is 10. The fraction of sp³-hybridized carbons (Fsp3) is 0.579. The molecule has 2 N–H and O–H groups in total. The molecule has 0 radical (unpaired) electrons. The van der Waals surface area contributed by atoms with Crippen molar-refractivity contribution in [2.24, 2.45) is 0 Å². The van der Waals surface area contributed by atoms with E-state index in [9.17, 15) is 9.59 Å². The van der Waals surface area contributed by atoms with Crippen LogP contribution in [0.3, 0.4) is 0 Å². The number of amides is 2. The number of nitrogens with one attached hydrogen (secondary N) is 2. The minimum atomic E-state index is -0.390. The second-order valence-electron chi connectivity index (χ2n) is 6.54. The lowest BCUT2D eigenvalue weighted by Crippen LogP contribution is -2.48. The molecule has 0 spiro atoms. The van der Waals surface area contributed by atoms with Crippen molar-refractivity contribution in [1.29, 1.82) is 0 Å². The largest absolute Gasteiger partial charge is 0.493 e. The molecule has 26 heavy (non-hydrogen) atoms. The van der Waals surface area contributed by atoms with E-state index in [2.05, 4.69) is 10.6 Å². The van der Waals surface area contributed by atoms with Gasteiger partial charge in [0.2, 0.25) is 11.8 Å². The third kappa shape index (κ3) is 6.92. The summed E-state index contributed by atoms with van der Waals surface area (Å²) in [7, 11) is 4.95. The number of likely N-dealkylation sites (N-methyl/N-ethyl adjacent to an activating group) is 1. The summed E-state index contributed by atoms with van der Waals surface area (Å²) < 4.78 is 10.5. The summed E-state index contributed by atoms with van der Waals surface area (Å²) in [4.78, 5) is 25.8. The first kappa shape index (κ1) is 21.8. The average Bonchev–Trinajstić information content (AvgIpc) is 2.59. The molecule has 1 rings (SSSR count). The van der Waals surface area contributed by atoms with E-state index in [0.717, 1.165) is 5.56 Å². The predicted octanol–water partition coefficient (Wildman–Crippen LogP) is 1.21. The van der Waals surface area contributed by atoms with E-state index in [0.29, 0.717) is 24.5 Å². The van der Waals surface area contributed by atoms with E-state index in [4.69, 9.17) is 9.47 Å². The minimum Gasteiger partial charge on any atom is -0.493 e. The zero-order valence-corrected chi connectivity index (χ0v) is 16.6. The van der Waals surface area contributed by atoms with Crippen LogP contribution >= 0.6 is 0 Å². The highest BCUT2D eigenvalue weighted by atomic mass is 16.5. The fourth-order valence-corrected chi connectivity index (χ4v) is 2.45. The number of ether oxygens (including phenoxy) is 2. The van der Waals surface area contributed by atoms with Crippen molar-refractivity contribution >= 4 is 11.8 Å². The van der Waals surface area contributed by atoms with Crippen LogP contribution in [-0.2, 0) is 16.0 Å². The first-order valence-electron chi connectivity index (χ1n) is 8.76. The van der Waals surface area contributed by atoms with Crippen molar-refractivity contribution in [2.75, 3.05) is 34.4 Å². The van der Waals surface area contributed by atoms with Gasteiger partial charge in [0.1, 0.15) is 0 Å². The van der Waals surface area contributed by atoms with Crippen molar-refractivity contribution in [3.8, 4) is 11.5 Å². The summed E-state index contributed by atoms with van der Waals surface area (Å²) in [6, 6.07) is 5.38. The molecule has 0 aliphatic rings. The molecule has 0 aliphatic heterocycles. The summed E-state index contributed by atoms with van der Waals surface area (Å²) in [6.07, 6.45) is 0.677. The predicted molar refractivity (Wildman–Crippen MR) is 102 cm³/mol. The van der Waals surface area contributed by atoms with Gasteiger partial charge in [-0.25, -0.2) is 0 Å². The number of nitrogens with zero attached hydrogens (tertiary/aromatic N) is 1. The maximum atomic E-state index is 12.3. The molecule has 146 valence electrons. The number of carbonyl (C=O) groups is 2. The smallest absolute Gasteiger partial charge is 0.237 e. The molecule has 1 unspecified atom stereocenters. The van der Waals surface area contributed by atoms with Crippen LogP contribution in [0.4, 0.5) is 0 Å². The molecule has 1 atom stereocenters. The maximum absolute atomic E-state index is 12.3. The Bertz CT molecular complexity index is 604. The molecular weight excluding hydrogens is 334 g/mol. The number of hydrogen-bond donors (Lipinski definition) is 2. The second kappa shape index (κ2) is 10.7. The van der Waals surface area contributed by atoms with E-state index < -0.39 is 6.04 Å². The van der Waals surface area contributed by atoms with E-state index in [-0.39, 0.29) is 24.4 Å². The molecule has 1 aromatic rings. The van der Waals surface area contributed by atoms with Gasteiger partial charge in [0, 0.05) is 12.6 Å². The number of hydrogen-bond acceptors (Lipinski definition) is 5. The Hall–Kier alpha value is -2.28. The third-order valence-electron chi connectivity index (χ3n) is 4.04. The van der Waals surface area contributed by atoms with Gasteiger partial charge in [-0.05, 0) is 51.9 Å². The van der Waals surface area contributed by atoms with E-state index in [1.54, 1.807) is 33.1 Å². The quantitative estimate of drug-likeness (QED) is 0.651. The van der Waals surface area contributed by atoms with Gasteiger partial charge >= 0.3 is 0 Å². The van der Waals surface area contributed by atoms with Crippen LogP contribution in [0.15, 0.2) is 18.2 Å². The van der Waals surface area contributed by atoms with Crippen LogP contribution in [0.2, 0.25) is 0 Å². The Labute approximate surface area is 156 Å². The lowest BCUT2D eigenvalue weighted by Gasteiger charge is -2.23. The van der Waals surface area contributed by atoms with Crippen molar-refractivity contribution in [1.82, 2.24) is 15.5 Å². The lowest BCUT2D eigenvalue weighted by molar-refractivity contribution is -0.127. The van der Waals surface area contributed by atoms with Crippen LogP contribution in [0.25, 0.3) is 0 Å². The highest BCUT2D eigenvalue weighted by molar-refractivity contribution is 5.83. The lowest BCUT2D eigenvalue weighted by atomic mass is 10.1. The average molecular weight is 365 g/mol. The summed E-state index contributed by atoms with van der Waals surface area (Å²) in [5.74, 6) is 1.15. The zero-order valence-electron chi connectivity index (χ0n) is 16.6. The standard InChI is InChI=1S/C19H31N3O4/c1-13(2)21-18(23)12-22(4)14(3)19(24)20-10-9-15-7-8-16(25-5)17(11-15)26-6/h7-8,11,13-14H,9-10,12H2,1-6H3,(H,20,24)(H,21,23). The first-order chi connectivity index (χ1) is 12.3. The summed E-state index contributed by atoms with van der Waals surface area (Å²) in [5, 5.41) is 5.73. The minimum absolute atomic E-state index is 0.0847. The highest BCUT2D eigenvalue weighted by Gasteiger charge is 2.20. The molecular formula is C19H31N3O4. The number of benzene rings is 1. The number of methoxy groups -OCH3 is 2. The first-order valence-corrected chi connectivity index (χ1v) is 8.76. The molecule has 0 aliphatic carbocycles. The molecule has 7 nitrogen and oxygen atoms in total. The summed E-state index contributed by atoms with van der Waals surface area (Å²) in [6.45, 7) is 6.28. The molecule has 7 heteroatoms. The Balaban J connectivity index is 2.47. The normalized spacial score (nSPS) is 12.0. The topological polar surface area (TPSA) is 79.9 Å². The highest BCUT2D eigenvalue weighted by Crippen LogP contribution is 2.27. The van der Waals surface area contributed by atoms with Crippen LogP contribution < -0.4 is 20.1 Å². The Morgan fingerprint density at radius 3 is 2.35 bits per heavy atom. The molecule has 0 heterocycles. The monoisotopic (exact) mass is 365 g/mol. The van der Waals surface area contributed by atoms with E-state index in [1.807, 2.05) is 32.0 Å². The van der Waals surface area contributed by atoms with Crippen LogP contribution in [-0.4, -0.2) is 63.2 Å². The Kier molecular flexibility index (Phi) is 8.92. The fourth-order valence-electron chi connectivity index (χ4n) is 2.45. The zero-order chi connectivity index (χ0) is 19.7. The third-order valence-corrected chi connectivity index (χ3v) is 4.04. The van der Waals surface area contributed by atoms with Gasteiger partial charge < -0.3 is 20.1 Å². The molecule has 2 amide bonds. The van der Waals surface area contributed by atoms with Gasteiger partial charge in [-0.3, -0.25) is 14.5 Å². The van der Waals surface area contributed by atoms with Crippen LogP contribution in [0.1, 0.15) is 26.3 Å².